The lowest BCUT2D eigenvalue weighted by molar-refractivity contribution is 0.0770. The molecule has 1 heterocycles. The van der Waals surface area contributed by atoms with Crippen LogP contribution >= 0.6 is 22.9 Å². The first-order valence-corrected chi connectivity index (χ1v) is 5.94. The van der Waals surface area contributed by atoms with Crippen LogP contribution in [0.4, 0.5) is 0 Å². The summed E-state index contributed by atoms with van der Waals surface area (Å²) in [4.78, 5) is 18.2. The van der Waals surface area contributed by atoms with Gasteiger partial charge in [-0.2, -0.15) is 0 Å². The van der Waals surface area contributed by atoms with Gasteiger partial charge >= 0.3 is 0 Å². The van der Waals surface area contributed by atoms with Gasteiger partial charge < -0.3 is 4.90 Å². The maximum absolute atomic E-state index is 11.8. The Labute approximate surface area is 92.7 Å². The van der Waals surface area contributed by atoms with Crippen molar-refractivity contribution in [1.29, 1.82) is 0 Å². The quantitative estimate of drug-likeness (QED) is 0.730. The summed E-state index contributed by atoms with van der Waals surface area (Å²) in [5.74, 6) is 0.514. The first-order chi connectivity index (χ1) is 6.79. The van der Waals surface area contributed by atoms with E-state index in [0.717, 1.165) is 13.0 Å². The fourth-order valence-electron chi connectivity index (χ4n) is 1.16. The van der Waals surface area contributed by atoms with Gasteiger partial charge in [0, 0.05) is 19.0 Å². The summed E-state index contributed by atoms with van der Waals surface area (Å²) in [7, 11) is 0. The standard InChI is InChI=1S/C9H13ClN2OS/c1-2-4-12(5-3-10)9(13)8-6-11-7-14-8/h6-7H,2-5H2,1H3. The normalized spacial score (nSPS) is 10.1. The van der Waals surface area contributed by atoms with Crippen LogP contribution in [0.1, 0.15) is 23.0 Å². The molecule has 1 amide bonds. The second kappa shape index (κ2) is 5.98. The van der Waals surface area contributed by atoms with Gasteiger partial charge in [0.1, 0.15) is 4.88 Å². The van der Waals surface area contributed by atoms with E-state index in [1.165, 1.54) is 11.3 Å². The molecule has 0 aliphatic heterocycles. The Balaban J connectivity index is 2.63. The van der Waals surface area contributed by atoms with Gasteiger partial charge in [0.25, 0.3) is 5.91 Å². The summed E-state index contributed by atoms with van der Waals surface area (Å²) in [6.45, 7) is 3.40. The molecule has 0 N–H and O–H groups in total. The molecule has 78 valence electrons. The van der Waals surface area contributed by atoms with Gasteiger partial charge in [0.05, 0.1) is 11.7 Å². The molecule has 0 bridgehead atoms. The van der Waals surface area contributed by atoms with Crippen molar-refractivity contribution in [2.75, 3.05) is 19.0 Å². The Morgan fingerprint density at radius 1 is 1.64 bits per heavy atom. The minimum Gasteiger partial charge on any atom is -0.337 e. The molecule has 0 aliphatic rings. The number of thiazole rings is 1. The molecule has 0 saturated carbocycles. The highest BCUT2D eigenvalue weighted by Gasteiger charge is 2.15. The predicted molar refractivity (Wildman–Crippen MR) is 59.0 cm³/mol. The van der Waals surface area contributed by atoms with Crippen LogP contribution in [0.25, 0.3) is 0 Å². The Morgan fingerprint density at radius 2 is 2.43 bits per heavy atom. The lowest BCUT2D eigenvalue weighted by Gasteiger charge is -2.19. The molecule has 0 aliphatic carbocycles. The summed E-state index contributed by atoms with van der Waals surface area (Å²) in [5, 5.41) is 0. The van der Waals surface area contributed by atoms with E-state index in [1.807, 2.05) is 6.92 Å². The summed E-state index contributed by atoms with van der Waals surface area (Å²) in [6, 6.07) is 0. The molecule has 0 aromatic carbocycles. The topological polar surface area (TPSA) is 33.2 Å². The van der Waals surface area contributed by atoms with Crippen LogP contribution in [0.5, 0.6) is 0 Å². The van der Waals surface area contributed by atoms with Crippen LogP contribution in [0.2, 0.25) is 0 Å². The number of nitrogens with zero attached hydrogens (tertiary/aromatic N) is 2. The summed E-state index contributed by atoms with van der Waals surface area (Å²) < 4.78 is 0. The van der Waals surface area contributed by atoms with E-state index >= 15 is 0 Å². The number of hydrogen-bond acceptors (Lipinski definition) is 3. The summed E-state index contributed by atoms with van der Waals surface area (Å²) in [5.41, 5.74) is 1.66. The summed E-state index contributed by atoms with van der Waals surface area (Å²) in [6.07, 6.45) is 2.55. The maximum Gasteiger partial charge on any atom is 0.265 e. The Bertz CT molecular complexity index is 270. The van der Waals surface area contributed by atoms with Crippen LogP contribution < -0.4 is 0 Å². The molecular weight excluding hydrogens is 220 g/mol. The average molecular weight is 233 g/mol. The lowest BCUT2D eigenvalue weighted by atomic mass is 10.3. The Kier molecular flexibility index (Phi) is 4.90. The highest BCUT2D eigenvalue weighted by atomic mass is 35.5. The van der Waals surface area contributed by atoms with Crippen molar-refractivity contribution < 1.29 is 4.79 Å². The van der Waals surface area contributed by atoms with Crippen LogP contribution in [-0.4, -0.2) is 34.8 Å². The van der Waals surface area contributed by atoms with E-state index in [0.29, 0.717) is 17.3 Å². The number of carbonyl (C=O) groups excluding carboxylic acids is 1. The highest BCUT2D eigenvalue weighted by Crippen LogP contribution is 2.10. The van der Waals surface area contributed by atoms with Gasteiger partial charge in [-0.15, -0.1) is 22.9 Å². The number of rotatable bonds is 5. The van der Waals surface area contributed by atoms with E-state index < -0.39 is 0 Å². The minimum absolute atomic E-state index is 0.0370. The highest BCUT2D eigenvalue weighted by molar-refractivity contribution is 7.11. The van der Waals surface area contributed by atoms with Crippen molar-refractivity contribution in [2.45, 2.75) is 13.3 Å². The third-order valence-electron chi connectivity index (χ3n) is 1.78. The number of hydrogen-bond donors (Lipinski definition) is 0. The fourth-order valence-corrected chi connectivity index (χ4v) is 1.96. The zero-order valence-electron chi connectivity index (χ0n) is 8.07. The van der Waals surface area contributed by atoms with E-state index in [-0.39, 0.29) is 5.91 Å². The van der Waals surface area contributed by atoms with E-state index in [1.54, 1.807) is 16.6 Å². The molecule has 0 radical (unpaired) electrons. The first kappa shape index (κ1) is 11.5. The molecule has 14 heavy (non-hydrogen) atoms. The largest absolute Gasteiger partial charge is 0.337 e. The van der Waals surface area contributed by atoms with Gasteiger partial charge in [0.2, 0.25) is 0 Å². The van der Waals surface area contributed by atoms with Crippen LogP contribution in [-0.2, 0) is 0 Å². The predicted octanol–water partition coefficient (Wildman–Crippen LogP) is 2.23. The molecule has 1 aromatic rings. The second-order valence-electron chi connectivity index (χ2n) is 2.85. The van der Waals surface area contributed by atoms with Gasteiger partial charge in [-0.3, -0.25) is 9.78 Å². The Morgan fingerprint density at radius 3 is 2.93 bits per heavy atom. The van der Waals surface area contributed by atoms with Gasteiger partial charge in [-0.25, -0.2) is 0 Å². The summed E-state index contributed by atoms with van der Waals surface area (Å²) >= 11 is 7.00. The van der Waals surface area contributed by atoms with Crippen molar-refractivity contribution in [1.82, 2.24) is 9.88 Å². The van der Waals surface area contributed by atoms with E-state index in [9.17, 15) is 4.79 Å². The smallest absolute Gasteiger partial charge is 0.265 e. The van der Waals surface area contributed by atoms with Crippen LogP contribution in [0, 0.1) is 0 Å². The molecule has 1 aromatic heterocycles. The van der Waals surface area contributed by atoms with Crippen molar-refractivity contribution in [3.63, 3.8) is 0 Å². The molecule has 0 saturated heterocycles. The molecule has 0 atom stereocenters. The van der Waals surface area contributed by atoms with Crippen molar-refractivity contribution >= 4 is 28.8 Å². The van der Waals surface area contributed by atoms with Crippen molar-refractivity contribution in [2.24, 2.45) is 0 Å². The Hall–Kier alpha value is -0.610. The zero-order valence-corrected chi connectivity index (χ0v) is 9.64. The van der Waals surface area contributed by atoms with Crippen LogP contribution in [0.15, 0.2) is 11.7 Å². The third kappa shape index (κ3) is 2.96. The molecular formula is C9H13ClN2OS. The van der Waals surface area contributed by atoms with Gasteiger partial charge in [0.15, 0.2) is 0 Å². The molecule has 1 rings (SSSR count). The minimum atomic E-state index is 0.0370. The number of alkyl halides is 1. The van der Waals surface area contributed by atoms with E-state index in [2.05, 4.69) is 4.98 Å². The number of halogens is 1. The number of amides is 1. The van der Waals surface area contributed by atoms with E-state index in [4.69, 9.17) is 11.6 Å². The molecule has 3 nitrogen and oxygen atoms in total. The molecule has 0 unspecified atom stereocenters. The van der Waals surface area contributed by atoms with Crippen LogP contribution in [0.3, 0.4) is 0 Å². The molecule has 0 fully saturated rings. The molecule has 0 spiro atoms. The fraction of sp³-hybridized carbons (Fsp3) is 0.556. The molecule has 5 heteroatoms. The van der Waals surface area contributed by atoms with Crippen molar-refractivity contribution in [3.05, 3.63) is 16.6 Å². The second-order valence-corrected chi connectivity index (χ2v) is 4.11. The average Bonchev–Trinajstić information content (AvgIpc) is 2.69. The van der Waals surface area contributed by atoms with Gasteiger partial charge in [-0.1, -0.05) is 6.92 Å². The SMILES string of the molecule is CCCN(CCCl)C(=O)c1cncs1. The number of aromatic nitrogens is 1. The maximum atomic E-state index is 11.8. The monoisotopic (exact) mass is 232 g/mol. The third-order valence-corrected chi connectivity index (χ3v) is 2.71. The van der Waals surface area contributed by atoms with Crippen molar-refractivity contribution in [3.8, 4) is 0 Å². The lowest BCUT2D eigenvalue weighted by Crippen LogP contribution is -2.32. The number of carbonyl (C=O) groups is 1. The van der Waals surface area contributed by atoms with Gasteiger partial charge in [-0.05, 0) is 6.42 Å². The first-order valence-electron chi connectivity index (χ1n) is 4.53. The zero-order chi connectivity index (χ0) is 10.4.